The first-order valence-corrected chi connectivity index (χ1v) is 9.13. The summed E-state index contributed by atoms with van der Waals surface area (Å²) in [7, 11) is -15.2. The van der Waals surface area contributed by atoms with Crippen molar-refractivity contribution in [3.8, 4) is 0 Å². The van der Waals surface area contributed by atoms with Gasteiger partial charge < -0.3 is 48.9 Å². The van der Waals surface area contributed by atoms with E-state index in [1.54, 1.807) is 0 Å². The minimum atomic E-state index is -3.04. The Bertz CT molecular complexity index is 155. The second kappa shape index (κ2) is 54.0. The fraction of sp³-hybridized carbons (Fsp3) is 0. The monoisotopic (exact) mass is 614 g/mol. The average Bonchev–Trinajstić information content (AvgIpc) is 2.56. The van der Waals surface area contributed by atoms with Gasteiger partial charge in [0.2, 0.25) is 0 Å². The molecule has 0 bridgehead atoms. The summed E-state index contributed by atoms with van der Waals surface area (Å²) < 4.78 is 13.5. The molecule has 0 saturated heterocycles. The molecule has 5 N–H and O–H groups in total. The van der Waals surface area contributed by atoms with Crippen molar-refractivity contribution in [3.63, 3.8) is 0 Å². The summed E-state index contributed by atoms with van der Waals surface area (Å²) in [6, 6.07) is 0. The molecule has 0 aromatic heterocycles. The summed E-state index contributed by atoms with van der Waals surface area (Å²) in [5.74, 6) is 0. The van der Waals surface area contributed by atoms with E-state index in [9.17, 15) is 0 Å². The van der Waals surface area contributed by atoms with Crippen LogP contribution in [0.1, 0.15) is 0 Å². The van der Waals surface area contributed by atoms with Crippen molar-refractivity contribution in [2.45, 2.75) is 0 Å². The van der Waals surface area contributed by atoms with E-state index < -0.39 is 43.0 Å². The summed E-state index contributed by atoms with van der Waals surface area (Å²) >= 11 is 0. The molecule has 0 spiro atoms. The predicted molar refractivity (Wildman–Crippen MR) is 76.2 cm³/mol. The van der Waals surface area contributed by atoms with Crippen molar-refractivity contribution in [1.82, 2.24) is 0 Å². The van der Waals surface area contributed by atoms with Crippen LogP contribution in [0.4, 0.5) is 0 Å². The van der Waals surface area contributed by atoms with Crippen LogP contribution in [0.2, 0.25) is 0 Å². The van der Waals surface area contributed by atoms with Gasteiger partial charge in [0, 0.05) is 0 Å². The summed E-state index contributed by atoms with van der Waals surface area (Å²) in [5, 5.41) is 35.2. The van der Waals surface area contributed by atoms with Crippen LogP contribution in [-0.2, 0) is 23.4 Å². The SMILES string of the molecule is [Al+3].[Al+3].[Ca+2].[Ca+2].[O-]P([O-])OO.[O-]P([O-])OO.[O-]P([O-])OO.[O-]P([O-])OO.[O-]P([O-])OO. The molecule has 0 unspecified atom stereocenters. The van der Waals surface area contributed by atoms with Gasteiger partial charge in [0.05, 0.1) is 0 Å². The van der Waals surface area contributed by atoms with Crippen molar-refractivity contribution in [3.05, 3.63) is 0 Å². The van der Waals surface area contributed by atoms with Gasteiger partial charge in [0.1, 0.15) is 0 Å². The van der Waals surface area contributed by atoms with Crippen LogP contribution < -0.4 is 48.9 Å². The van der Waals surface area contributed by atoms with Gasteiger partial charge in [-0.2, -0.15) is 0 Å². The van der Waals surface area contributed by atoms with Crippen molar-refractivity contribution in [2.24, 2.45) is 0 Å². The Morgan fingerprint density at radius 1 is 0.345 bits per heavy atom. The number of hydrogen-bond donors (Lipinski definition) is 5. The Balaban J connectivity index is -0.0000000238. The van der Waals surface area contributed by atoms with Gasteiger partial charge in [-0.05, 0) is 0 Å². The molecule has 0 aromatic rings. The molecule has 0 fully saturated rings. The first-order chi connectivity index (χ1) is 11.4. The minimum Gasteiger partial charge on any atom is -0.818 e. The molecule has 0 amide bonds. The van der Waals surface area contributed by atoms with Crippen LogP contribution in [0.15, 0.2) is 0 Å². The zero-order valence-electron chi connectivity index (χ0n) is 13.2. The molecule has 29 heavy (non-hydrogen) atoms. The fourth-order valence-electron chi connectivity index (χ4n) is 0. The molecular formula is H5Al2Ca2O20P5. The molecule has 0 saturated carbocycles. The fourth-order valence-corrected chi connectivity index (χ4v) is 0. The third kappa shape index (κ3) is 141. The third-order valence-corrected chi connectivity index (χ3v) is 1.00. The van der Waals surface area contributed by atoms with Gasteiger partial charge in [-0.1, -0.05) is 0 Å². The molecule has 0 aliphatic rings. The molecule has 0 aliphatic carbocycles. The molecule has 0 atom stereocenters. The van der Waals surface area contributed by atoms with Gasteiger partial charge in [-0.15, -0.1) is 43.0 Å². The molecule has 0 heterocycles. The van der Waals surface area contributed by atoms with Crippen molar-refractivity contribution in [1.29, 1.82) is 0 Å². The van der Waals surface area contributed by atoms with E-state index in [1.165, 1.54) is 0 Å². The van der Waals surface area contributed by atoms with E-state index in [2.05, 4.69) is 23.4 Å². The third-order valence-electron chi connectivity index (χ3n) is 0.333. The van der Waals surface area contributed by atoms with E-state index in [4.69, 9.17) is 75.2 Å². The maximum absolute atomic E-state index is 8.93. The number of hydrogen-bond acceptors (Lipinski definition) is 20. The standard InChI is InChI=1S/2Al.2Ca.5HO4P/c;;;;5*1-4-5(2)3/h;;;;5*1H/q2*+3;2*+2;5*-2. The Kier molecular flexibility index (Phi) is 110. The summed E-state index contributed by atoms with van der Waals surface area (Å²) in [4.78, 5) is 89.3. The smallest absolute Gasteiger partial charge is 0.818 e. The van der Waals surface area contributed by atoms with Gasteiger partial charge in [0.25, 0.3) is 0 Å². The Morgan fingerprint density at radius 3 is 0.379 bits per heavy atom. The summed E-state index contributed by atoms with van der Waals surface area (Å²) in [5.41, 5.74) is 0. The largest absolute Gasteiger partial charge is 3.00 e. The first-order valence-electron chi connectivity index (χ1n) is 3.65. The Morgan fingerprint density at radius 2 is 0.379 bits per heavy atom. The van der Waals surface area contributed by atoms with Crippen LogP contribution in [0.25, 0.3) is 0 Å². The van der Waals surface area contributed by atoms with E-state index >= 15 is 0 Å². The van der Waals surface area contributed by atoms with E-state index in [0.29, 0.717) is 0 Å². The summed E-state index contributed by atoms with van der Waals surface area (Å²) in [6.07, 6.45) is 0. The molecule has 20 nitrogen and oxygen atoms in total. The van der Waals surface area contributed by atoms with Gasteiger partial charge in [-0.25, -0.2) is 0 Å². The molecular weight excluding hydrogens is 609 g/mol. The Labute approximate surface area is 248 Å². The maximum Gasteiger partial charge on any atom is 3.00 e. The van der Waals surface area contributed by atoms with E-state index in [-0.39, 0.29) is 110 Å². The zero-order valence-corrected chi connectivity index (χ0v) is 24.4. The van der Waals surface area contributed by atoms with E-state index in [1.807, 2.05) is 0 Å². The normalized spacial score (nSPS) is 8.28. The maximum atomic E-state index is 8.93. The zero-order chi connectivity index (χ0) is 21.4. The Hall–Kier alpha value is 4.93. The molecule has 0 radical (unpaired) electrons. The van der Waals surface area contributed by atoms with Crippen LogP contribution in [-0.4, -0.2) is 136 Å². The van der Waals surface area contributed by atoms with Gasteiger partial charge in [0.15, 0.2) is 0 Å². The minimum absolute atomic E-state index is 0. The van der Waals surface area contributed by atoms with Gasteiger partial charge in [-0.3, -0.25) is 49.7 Å². The second-order valence-corrected chi connectivity index (χ2v) is 4.58. The van der Waals surface area contributed by atoms with Crippen LogP contribution in [0.5, 0.6) is 0 Å². The molecule has 0 aromatic carbocycles. The van der Waals surface area contributed by atoms with Crippen molar-refractivity contribution < 1.29 is 98.6 Å². The molecule has 29 heteroatoms. The second-order valence-electron chi connectivity index (χ2n) is 1.53. The average molecular weight is 614 g/mol. The van der Waals surface area contributed by atoms with E-state index in [0.717, 1.165) is 0 Å². The van der Waals surface area contributed by atoms with Crippen molar-refractivity contribution in [2.75, 3.05) is 0 Å². The van der Waals surface area contributed by atoms with Gasteiger partial charge >= 0.3 is 110 Å². The molecule has 0 rings (SSSR count). The molecule has 0 aliphatic heterocycles. The number of rotatable bonds is 5. The predicted octanol–water partition coefficient (Wildman–Crippen LogP) is -9.41. The van der Waals surface area contributed by atoms with Crippen molar-refractivity contribution >= 4 is 153 Å². The quantitative estimate of drug-likeness (QED) is 0.0830. The van der Waals surface area contributed by atoms with Crippen LogP contribution in [0.3, 0.4) is 0 Å². The van der Waals surface area contributed by atoms with Crippen LogP contribution >= 0.6 is 43.0 Å². The topological polar surface area (TPSA) is 378 Å². The first kappa shape index (κ1) is 59.2. The van der Waals surface area contributed by atoms with Crippen LogP contribution in [0, 0.1) is 0 Å². The summed E-state index contributed by atoms with van der Waals surface area (Å²) in [6.45, 7) is 0. The molecule has 160 valence electrons.